The number of halogens is 5. The number of thioether (sulfide) groups is 1. The number of carboxylic acid groups (broad SMARTS) is 2. The molecule has 2 aromatic carbocycles. The second-order valence-electron chi connectivity index (χ2n) is 15.8. The number of nitrogens with two attached hydrogens (primary N) is 2. The van der Waals surface area contributed by atoms with Gasteiger partial charge in [0.15, 0.2) is 0 Å². The highest BCUT2D eigenvalue weighted by atomic mass is 32.2. The van der Waals surface area contributed by atoms with Crippen molar-refractivity contribution in [3.05, 3.63) is 83.7 Å². The van der Waals surface area contributed by atoms with Gasteiger partial charge in [0, 0.05) is 81.3 Å². The predicted octanol–water partition coefficient (Wildman–Crippen LogP) is 3.66. The minimum Gasteiger partial charge on any atom is -0.480 e. The average Bonchev–Trinajstić information content (AvgIpc) is 3.73. The van der Waals surface area contributed by atoms with Crippen LogP contribution in [0.25, 0.3) is 11.1 Å². The smallest absolute Gasteiger partial charge is 0.480 e. The van der Waals surface area contributed by atoms with Crippen molar-refractivity contribution in [3.8, 4) is 11.1 Å². The maximum atomic E-state index is 15.0. The van der Waals surface area contributed by atoms with E-state index in [9.17, 15) is 46.3 Å². The van der Waals surface area contributed by atoms with E-state index in [0.717, 1.165) is 40.4 Å². The number of hydrogen-bond acceptors (Lipinski definition) is 10. The molecule has 4 atom stereocenters. The molecule has 0 radical (unpaired) electrons. The normalized spacial score (nSPS) is 15.4. The third-order valence-electron chi connectivity index (χ3n) is 9.75. The molecule has 22 heteroatoms. The van der Waals surface area contributed by atoms with E-state index in [2.05, 4.69) is 10.6 Å². The van der Waals surface area contributed by atoms with Crippen LogP contribution in [-0.2, 0) is 40.1 Å². The number of amides is 5. The summed E-state index contributed by atoms with van der Waals surface area (Å²) in [4.78, 5) is 86.2. The minimum atomic E-state index is -5.08. The fraction of sp³-hybridized carbons (Fsp3) is 0.452. The van der Waals surface area contributed by atoms with Crippen molar-refractivity contribution in [1.82, 2.24) is 25.0 Å². The van der Waals surface area contributed by atoms with Gasteiger partial charge in [0.2, 0.25) is 29.5 Å². The molecule has 350 valence electrons. The third-order valence-corrected chi connectivity index (χ3v) is 11.1. The van der Waals surface area contributed by atoms with Crippen molar-refractivity contribution in [2.24, 2.45) is 16.9 Å². The van der Waals surface area contributed by atoms with Gasteiger partial charge in [-0.25, -0.2) is 13.6 Å². The third kappa shape index (κ3) is 15.4. The summed E-state index contributed by atoms with van der Waals surface area (Å²) in [5.41, 5.74) is 13.4. The molecule has 3 aromatic rings. The Hall–Kier alpha value is -5.87. The predicted molar refractivity (Wildman–Crippen MR) is 225 cm³/mol. The van der Waals surface area contributed by atoms with Gasteiger partial charge in [-0.05, 0) is 41.7 Å². The van der Waals surface area contributed by atoms with Crippen LogP contribution < -0.4 is 22.1 Å². The Balaban J connectivity index is 0.00000143. The number of hydrogen-bond donors (Lipinski definition) is 6. The molecule has 1 aromatic heterocycles. The van der Waals surface area contributed by atoms with Gasteiger partial charge in [0.1, 0.15) is 17.7 Å². The van der Waals surface area contributed by atoms with Gasteiger partial charge in [-0.1, -0.05) is 51.1 Å². The number of alkyl halides is 3. The zero-order valence-corrected chi connectivity index (χ0v) is 36.3. The first-order valence-corrected chi connectivity index (χ1v) is 20.9. The molecule has 1 fully saturated rings. The Morgan fingerprint density at radius 2 is 1.58 bits per heavy atom. The number of aromatic nitrogens is 1. The highest BCUT2D eigenvalue weighted by Crippen LogP contribution is 2.41. The van der Waals surface area contributed by atoms with E-state index >= 15 is 4.39 Å². The highest BCUT2D eigenvalue weighted by molar-refractivity contribution is 8.00. The van der Waals surface area contributed by atoms with E-state index in [-0.39, 0.29) is 62.7 Å². The molecule has 4 rings (SSSR count). The zero-order chi connectivity index (χ0) is 48.1. The van der Waals surface area contributed by atoms with Crippen molar-refractivity contribution in [2.75, 3.05) is 31.9 Å². The molecule has 8 N–H and O–H groups in total. The first kappa shape index (κ1) is 52.5. The second-order valence-corrected chi connectivity index (χ2v) is 17.1. The number of rotatable bonds is 19. The maximum Gasteiger partial charge on any atom is 0.490 e. The van der Waals surface area contributed by atoms with Crippen LogP contribution in [0.2, 0.25) is 0 Å². The molecule has 0 aliphatic carbocycles. The van der Waals surface area contributed by atoms with Crippen LogP contribution in [0.15, 0.2) is 60.8 Å². The van der Waals surface area contributed by atoms with Crippen molar-refractivity contribution in [3.63, 3.8) is 0 Å². The van der Waals surface area contributed by atoms with E-state index in [1.807, 2.05) is 55.7 Å². The van der Waals surface area contributed by atoms with Gasteiger partial charge < -0.3 is 41.8 Å². The summed E-state index contributed by atoms with van der Waals surface area (Å²) in [5.74, 6) is -7.32. The summed E-state index contributed by atoms with van der Waals surface area (Å²) in [6.07, 6.45) is -3.45. The number of aliphatic carboxylic acids is 2. The van der Waals surface area contributed by atoms with Gasteiger partial charge in [-0.15, -0.1) is 11.8 Å². The largest absolute Gasteiger partial charge is 0.490 e. The molecular formula is C42H52F5N7O9S. The first-order valence-electron chi connectivity index (χ1n) is 19.8. The highest BCUT2D eigenvalue weighted by Gasteiger charge is 2.40. The summed E-state index contributed by atoms with van der Waals surface area (Å²) < 4.78 is 63.0. The van der Waals surface area contributed by atoms with E-state index in [1.165, 1.54) is 6.92 Å². The van der Waals surface area contributed by atoms with Crippen molar-refractivity contribution >= 4 is 53.2 Å². The lowest BCUT2D eigenvalue weighted by Gasteiger charge is -2.41. The monoisotopic (exact) mass is 925 g/mol. The van der Waals surface area contributed by atoms with Gasteiger partial charge in [0.25, 0.3) is 0 Å². The zero-order valence-electron chi connectivity index (χ0n) is 35.5. The molecule has 1 aliphatic rings. The molecule has 1 aliphatic heterocycles. The Morgan fingerprint density at radius 1 is 0.938 bits per heavy atom. The molecule has 5 amide bonds. The van der Waals surface area contributed by atoms with Gasteiger partial charge >= 0.3 is 18.1 Å². The van der Waals surface area contributed by atoms with Crippen molar-refractivity contribution in [2.45, 2.75) is 83.1 Å². The van der Waals surface area contributed by atoms with E-state index in [4.69, 9.17) is 26.5 Å². The molecule has 64 heavy (non-hydrogen) atoms. The Labute approximate surface area is 369 Å². The van der Waals surface area contributed by atoms with Crippen LogP contribution >= 0.6 is 11.8 Å². The number of carbonyl (C=O) groups is 7. The molecule has 2 heterocycles. The SMILES string of the molecule is CC(=O)N(CC[C@H](N)C(=O)NCCC(=O)NCCN1C(=O)CC(SC[C@H](N)C(=O)O)C1=O)[C@@H](c1cc(-c2cc(F)ccc2F)cn1Cc1ccccc1)C(C)(C)C.O=C(O)C(F)(F)F. The van der Waals surface area contributed by atoms with E-state index in [0.29, 0.717) is 17.8 Å². The number of carboxylic acids is 2. The summed E-state index contributed by atoms with van der Waals surface area (Å²) in [7, 11) is 0. The number of imide groups is 1. The fourth-order valence-corrected chi connectivity index (χ4v) is 7.74. The number of carbonyl (C=O) groups excluding carboxylic acids is 5. The number of likely N-dealkylation sites (tertiary alicyclic amines) is 1. The molecule has 0 saturated carbocycles. The van der Waals surface area contributed by atoms with Crippen LogP contribution in [0.1, 0.15) is 64.3 Å². The van der Waals surface area contributed by atoms with Gasteiger partial charge in [0.05, 0.1) is 17.3 Å². The van der Waals surface area contributed by atoms with Crippen LogP contribution in [0.5, 0.6) is 0 Å². The average molecular weight is 926 g/mol. The van der Waals surface area contributed by atoms with Crippen molar-refractivity contribution in [1.29, 1.82) is 0 Å². The Morgan fingerprint density at radius 3 is 2.16 bits per heavy atom. The molecule has 1 saturated heterocycles. The number of benzene rings is 2. The fourth-order valence-electron chi connectivity index (χ4n) is 6.62. The quantitative estimate of drug-likeness (QED) is 0.0745. The van der Waals surface area contributed by atoms with E-state index in [1.54, 1.807) is 17.2 Å². The summed E-state index contributed by atoms with van der Waals surface area (Å²) in [6, 6.07) is 11.8. The standard InChI is InChI=1S/C40H51F2N7O7S.C2HF3O2/c1-24(50)48(36(40(2,3)4)32-18-26(28-19-27(41)10-11-29(28)42)22-47(32)21-25-8-6-5-7-9-25)16-13-30(43)37(53)46-14-12-34(51)45-15-17-49-35(52)20-33(38(49)54)57-23-31(44)39(55)56;3-2(4,5)1(6)7/h5-11,18-19,22,30-31,33,36H,12-17,20-21,23,43-44H2,1-4H3,(H,45,51)(H,46,53)(H,55,56);(H,6,7)/t30-,31-,33?,36-;/m0./s1. The summed E-state index contributed by atoms with van der Waals surface area (Å²) in [6.45, 7) is 7.67. The molecule has 1 unspecified atom stereocenters. The lowest BCUT2D eigenvalue weighted by molar-refractivity contribution is -0.192. The lowest BCUT2D eigenvalue weighted by atomic mass is 9.82. The van der Waals surface area contributed by atoms with E-state index < -0.39 is 82.2 Å². The summed E-state index contributed by atoms with van der Waals surface area (Å²) >= 11 is 1.00. The second kappa shape index (κ2) is 23.2. The molecule has 0 spiro atoms. The number of nitrogens with one attached hydrogen (secondary N) is 2. The van der Waals surface area contributed by atoms with Crippen molar-refractivity contribution < 1.29 is 65.7 Å². The Kier molecular flexibility index (Phi) is 19.0. The molecule has 16 nitrogen and oxygen atoms in total. The lowest BCUT2D eigenvalue weighted by Crippen LogP contribution is -2.46. The van der Waals surface area contributed by atoms with Crippen LogP contribution in [0.4, 0.5) is 22.0 Å². The molecular weight excluding hydrogens is 874 g/mol. The van der Waals surface area contributed by atoms with Crippen LogP contribution in [-0.4, -0.2) is 121 Å². The van der Waals surface area contributed by atoms with Gasteiger partial charge in [-0.3, -0.25) is 33.7 Å². The number of nitrogens with zero attached hydrogens (tertiary/aromatic N) is 3. The topological polar surface area (TPSA) is 247 Å². The van der Waals surface area contributed by atoms with Crippen LogP contribution in [0, 0.1) is 17.0 Å². The van der Waals surface area contributed by atoms with Gasteiger partial charge in [-0.2, -0.15) is 13.2 Å². The first-order chi connectivity index (χ1) is 29.8. The minimum absolute atomic E-state index is 0.0149. The maximum absolute atomic E-state index is 15.0. The summed E-state index contributed by atoms with van der Waals surface area (Å²) in [5, 5.41) is 20.6. The Bertz CT molecular complexity index is 2150. The van der Waals surface area contributed by atoms with Crippen LogP contribution in [0.3, 0.4) is 0 Å². The molecule has 0 bridgehead atoms.